The molecule has 0 saturated heterocycles. The molecule has 2 amide bonds. The number of carbonyl (C=O) groups is 1. The first-order chi connectivity index (χ1) is 12.7. The van der Waals surface area contributed by atoms with Crippen molar-refractivity contribution in [1.29, 1.82) is 0 Å². The van der Waals surface area contributed by atoms with Crippen molar-refractivity contribution in [3.8, 4) is 11.4 Å². The van der Waals surface area contributed by atoms with Crippen molar-refractivity contribution >= 4 is 6.03 Å². The van der Waals surface area contributed by atoms with Gasteiger partial charge in [0.1, 0.15) is 11.6 Å². The third-order valence-corrected chi connectivity index (χ3v) is 4.39. The minimum absolute atomic E-state index is 0.169. The van der Waals surface area contributed by atoms with Crippen LogP contribution in [0.1, 0.15) is 17.0 Å². The van der Waals surface area contributed by atoms with E-state index in [9.17, 15) is 9.18 Å². The predicted molar refractivity (Wildman–Crippen MR) is 94.6 cm³/mol. The van der Waals surface area contributed by atoms with Crippen LogP contribution in [0.3, 0.4) is 0 Å². The molecule has 1 aromatic carbocycles. The second-order valence-electron chi connectivity index (χ2n) is 6.21. The summed E-state index contributed by atoms with van der Waals surface area (Å²) >= 11 is 0. The van der Waals surface area contributed by atoms with Gasteiger partial charge in [-0.1, -0.05) is 12.1 Å². The Balaban J connectivity index is 1.41. The van der Waals surface area contributed by atoms with Gasteiger partial charge in [0.25, 0.3) is 0 Å². The van der Waals surface area contributed by atoms with Crippen LogP contribution in [-0.4, -0.2) is 32.4 Å². The smallest absolute Gasteiger partial charge is 0.318 e. The molecule has 0 fully saturated rings. The second kappa shape index (κ2) is 6.95. The first-order valence-electron chi connectivity index (χ1n) is 8.44. The fraction of sp³-hybridized carbons (Fsp3) is 0.211. The molecule has 132 valence electrons. The highest BCUT2D eigenvalue weighted by Gasteiger charge is 2.23. The maximum Gasteiger partial charge on any atom is 0.318 e. The molecule has 7 heteroatoms. The summed E-state index contributed by atoms with van der Waals surface area (Å²) < 4.78 is 13.2. The summed E-state index contributed by atoms with van der Waals surface area (Å²) in [4.78, 5) is 26.2. The number of hydrogen-bond donors (Lipinski definition) is 2. The summed E-state index contributed by atoms with van der Waals surface area (Å²) in [5.74, 6) is 0.463. The first kappa shape index (κ1) is 16.3. The lowest BCUT2D eigenvalue weighted by atomic mass is 10.1. The van der Waals surface area contributed by atoms with Crippen LogP contribution in [-0.2, 0) is 19.5 Å². The van der Waals surface area contributed by atoms with E-state index in [4.69, 9.17) is 0 Å². The number of halogens is 1. The minimum Gasteiger partial charge on any atom is -0.340 e. The molecule has 2 N–H and O–H groups in total. The number of urea groups is 1. The Labute approximate surface area is 150 Å². The van der Waals surface area contributed by atoms with Crippen LogP contribution in [0.2, 0.25) is 0 Å². The zero-order chi connectivity index (χ0) is 17.9. The molecule has 3 aromatic rings. The fourth-order valence-corrected chi connectivity index (χ4v) is 3.04. The molecule has 0 bridgehead atoms. The van der Waals surface area contributed by atoms with Crippen LogP contribution in [0.25, 0.3) is 11.4 Å². The summed E-state index contributed by atoms with van der Waals surface area (Å²) in [7, 11) is 0. The zero-order valence-electron chi connectivity index (χ0n) is 14.1. The Bertz CT molecular complexity index is 925. The van der Waals surface area contributed by atoms with Gasteiger partial charge in [0.2, 0.25) is 0 Å². The highest BCUT2D eigenvalue weighted by atomic mass is 19.1. The number of imidazole rings is 1. The average molecular weight is 351 g/mol. The molecule has 6 nitrogen and oxygen atoms in total. The molecule has 3 heterocycles. The topological polar surface area (TPSA) is 73.9 Å². The quantitative estimate of drug-likeness (QED) is 0.762. The van der Waals surface area contributed by atoms with Crippen molar-refractivity contribution < 1.29 is 9.18 Å². The monoisotopic (exact) mass is 351 g/mol. The minimum atomic E-state index is -0.306. The molecule has 4 rings (SSSR count). The van der Waals surface area contributed by atoms with Gasteiger partial charge < -0.3 is 15.2 Å². The van der Waals surface area contributed by atoms with Crippen molar-refractivity contribution in [2.24, 2.45) is 0 Å². The molecule has 0 radical (unpaired) electrons. The Kier molecular flexibility index (Phi) is 4.35. The fourth-order valence-electron chi connectivity index (χ4n) is 3.04. The molecule has 26 heavy (non-hydrogen) atoms. The standard InChI is InChI=1S/C19H18FN5O/c20-15-5-1-3-13(9-15)10-22-19(26)25-8-6-16-17(12-25)24-18(23-16)14-4-2-7-21-11-14/h1-5,7,9,11H,6,8,10,12H2,(H,22,26)(H,23,24). The lowest BCUT2D eigenvalue weighted by molar-refractivity contribution is 0.191. The van der Waals surface area contributed by atoms with Gasteiger partial charge in [-0.25, -0.2) is 14.2 Å². The summed E-state index contributed by atoms with van der Waals surface area (Å²) in [6, 6.07) is 9.86. The number of carbonyl (C=O) groups excluding carboxylic acids is 1. The number of benzene rings is 1. The number of H-pyrrole nitrogens is 1. The van der Waals surface area contributed by atoms with Gasteiger partial charge in [-0.3, -0.25) is 4.98 Å². The number of nitrogens with one attached hydrogen (secondary N) is 2. The Hall–Kier alpha value is -3.22. The normalized spacial score (nSPS) is 13.3. The summed E-state index contributed by atoms with van der Waals surface area (Å²) in [6.45, 7) is 1.36. The van der Waals surface area contributed by atoms with E-state index in [0.717, 1.165) is 28.3 Å². The molecule has 0 unspecified atom stereocenters. The van der Waals surface area contributed by atoms with E-state index < -0.39 is 0 Å². The number of nitrogens with zero attached hydrogens (tertiary/aromatic N) is 3. The Morgan fingerprint density at radius 2 is 2.23 bits per heavy atom. The molecule has 0 atom stereocenters. The van der Waals surface area contributed by atoms with Crippen molar-refractivity contribution in [2.45, 2.75) is 19.5 Å². The number of aromatic amines is 1. The molecule has 1 aliphatic heterocycles. The number of amides is 2. The number of aromatic nitrogens is 3. The van der Waals surface area contributed by atoms with E-state index in [1.807, 2.05) is 12.1 Å². The number of pyridine rings is 1. The largest absolute Gasteiger partial charge is 0.340 e. The van der Waals surface area contributed by atoms with Gasteiger partial charge in [0.15, 0.2) is 0 Å². The van der Waals surface area contributed by atoms with Crippen molar-refractivity contribution in [1.82, 2.24) is 25.2 Å². The van der Waals surface area contributed by atoms with Gasteiger partial charge in [0.05, 0.1) is 17.9 Å². The third-order valence-electron chi connectivity index (χ3n) is 4.39. The zero-order valence-corrected chi connectivity index (χ0v) is 14.1. The average Bonchev–Trinajstić information content (AvgIpc) is 3.10. The third kappa shape index (κ3) is 3.42. The molecule has 0 spiro atoms. The van der Waals surface area contributed by atoms with Gasteiger partial charge in [-0.05, 0) is 29.8 Å². The van der Waals surface area contributed by atoms with Gasteiger partial charge >= 0.3 is 6.03 Å². The number of hydrogen-bond acceptors (Lipinski definition) is 3. The molecular formula is C19H18FN5O. The predicted octanol–water partition coefficient (Wildman–Crippen LogP) is 2.88. The number of fused-ring (bicyclic) bond motifs is 1. The number of rotatable bonds is 3. The molecule has 0 aliphatic carbocycles. The van der Waals surface area contributed by atoms with Crippen LogP contribution < -0.4 is 5.32 Å². The molecule has 1 aliphatic rings. The lowest BCUT2D eigenvalue weighted by Gasteiger charge is -2.26. The van der Waals surface area contributed by atoms with Crippen molar-refractivity contribution in [3.63, 3.8) is 0 Å². The first-order valence-corrected chi connectivity index (χ1v) is 8.44. The Morgan fingerprint density at radius 1 is 1.31 bits per heavy atom. The van der Waals surface area contributed by atoms with E-state index in [1.165, 1.54) is 12.1 Å². The van der Waals surface area contributed by atoms with Gasteiger partial charge in [0, 0.05) is 37.5 Å². The SMILES string of the molecule is O=C(NCc1cccc(F)c1)N1CCc2nc(-c3cccnc3)[nH]c2C1. The van der Waals surface area contributed by atoms with Crippen LogP contribution in [0.15, 0.2) is 48.8 Å². The maximum absolute atomic E-state index is 13.2. The van der Waals surface area contributed by atoms with Crippen molar-refractivity contribution in [3.05, 3.63) is 71.6 Å². The maximum atomic E-state index is 13.2. The lowest BCUT2D eigenvalue weighted by Crippen LogP contribution is -2.42. The summed E-state index contributed by atoms with van der Waals surface area (Å²) in [5.41, 5.74) is 3.58. The van der Waals surface area contributed by atoms with Crippen LogP contribution in [0.4, 0.5) is 9.18 Å². The molecule has 2 aromatic heterocycles. The highest BCUT2D eigenvalue weighted by Crippen LogP contribution is 2.22. The molecular weight excluding hydrogens is 333 g/mol. The van der Waals surface area contributed by atoms with Gasteiger partial charge in [-0.2, -0.15) is 0 Å². The van der Waals surface area contributed by atoms with Crippen LogP contribution in [0, 0.1) is 5.82 Å². The highest BCUT2D eigenvalue weighted by molar-refractivity contribution is 5.74. The summed E-state index contributed by atoms with van der Waals surface area (Å²) in [5, 5.41) is 2.84. The van der Waals surface area contributed by atoms with E-state index in [1.54, 1.807) is 29.4 Å². The van der Waals surface area contributed by atoms with Gasteiger partial charge in [-0.15, -0.1) is 0 Å². The van der Waals surface area contributed by atoms with Crippen molar-refractivity contribution in [2.75, 3.05) is 6.54 Å². The summed E-state index contributed by atoms with van der Waals surface area (Å²) in [6.07, 6.45) is 4.17. The van der Waals surface area contributed by atoms with Crippen LogP contribution >= 0.6 is 0 Å². The van der Waals surface area contributed by atoms with E-state index >= 15 is 0 Å². The van der Waals surface area contributed by atoms with E-state index in [2.05, 4.69) is 20.3 Å². The second-order valence-corrected chi connectivity index (χ2v) is 6.21. The van der Waals surface area contributed by atoms with E-state index in [-0.39, 0.29) is 11.8 Å². The molecule has 0 saturated carbocycles. The van der Waals surface area contributed by atoms with E-state index in [0.29, 0.717) is 26.1 Å². The van der Waals surface area contributed by atoms with Crippen LogP contribution in [0.5, 0.6) is 0 Å². The Morgan fingerprint density at radius 3 is 3.04 bits per heavy atom.